The highest BCUT2D eigenvalue weighted by Gasteiger charge is 2.23. The first-order valence-electron chi connectivity index (χ1n) is 11.6. The summed E-state index contributed by atoms with van der Waals surface area (Å²) in [5.41, 5.74) is 3.26. The van der Waals surface area contributed by atoms with Gasteiger partial charge in [0.05, 0.1) is 11.4 Å². The minimum Gasteiger partial charge on any atom is -0.329 e. The third-order valence-corrected chi connectivity index (χ3v) is 5.99. The number of aromatic nitrogens is 2. The Bertz CT molecular complexity index is 1150. The number of nitrogens with zero attached hydrogens (tertiary/aromatic N) is 3. The molecule has 0 radical (unpaired) electrons. The maximum atomic E-state index is 13.2. The van der Waals surface area contributed by atoms with Crippen molar-refractivity contribution in [3.8, 4) is 5.69 Å². The highest BCUT2D eigenvalue weighted by molar-refractivity contribution is 9.10. The molecule has 3 rings (SSSR count). The van der Waals surface area contributed by atoms with Crippen LogP contribution >= 0.6 is 15.9 Å². The van der Waals surface area contributed by atoms with Gasteiger partial charge in [-0.3, -0.25) is 9.59 Å². The minimum atomic E-state index is -0.256. The zero-order chi connectivity index (χ0) is 24.9. The molecule has 0 aliphatic rings. The van der Waals surface area contributed by atoms with E-state index in [0.29, 0.717) is 17.9 Å². The van der Waals surface area contributed by atoms with Gasteiger partial charge < -0.3 is 10.2 Å². The Morgan fingerprint density at radius 3 is 2.41 bits per heavy atom. The Morgan fingerprint density at radius 1 is 1.09 bits per heavy atom. The molecule has 6 nitrogen and oxygen atoms in total. The Balaban J connectivity index is 1.85. The second-order valence-electron chi connectivity index (χ2n) is 9.55. The third kappa shape index (κ3) is 6.56. The maximum Gasteiger partial charge on any atom is 0.254 e. The molecule has 0 aliphatic heterocycles. The van der Waals surface area contributed by atoms with Gasteiger partial charge in [0, 0.05) is 28.1 Å². The number of aryl methyl sites for hydroxylation is 1. The van der Waals surface area contributed by atoms with Gasteiger partial charge in [-0.2, -0.15) is 5.10 Å². The van der Waals surface area contributed by atoms with Gasteiger partial charge in [-0.15, -0.1) is 0 Å². The fourth-order valence-corrected chi connectivity index (χ4v) is 3.88. The lowest BCUT2D eigenvalue weighted by Crippen LogP contribution is -2.39. The van der Waals surface area contributed by atoms with Gasteiger partial charge in [-0.25, -0.2) is 4.68 Å². The summed E-state index contributed by atoms with van der Waals surface area (Å²) in [4.78, 5) is 27.9. The highest BCUT2D eigenvalue weighted by atomic mass is 79.9. The summed E-state index contributed by atoms with van der Waals surface area (Å²) in [6.45, 7) is 10.8. The molecule has 34 heavy (non-hydrogen) atoms. The molecule has 0 atom stereocenters. The quantitative estimate of drug-likeness (QED) is 0.385. The SMILES string of the molecule is CCCCN(CC(=O)Nc1cc(C(C)(C)C)nn1-c1ccc(C)cc1)C(=O)c1cccc(Br)c1. The number of amides is 2. The molecule has 180 valence electrons. The fourth-order valence-electron chi connectivity index (χ4n) is 3.48. The van der Waals surface area contributed by atoms with E-state index in [9.17, 15) is 9.59 Å². The van der Waals surface area contributed by atoms with Crippen molar-refractivity contribution >= 4 is 33.6 Å². The van der Waals surface area contributed by atoms with Crippen molar-refractivity contribution in [1.29, 1.82) is 0 Å². The second-order valence-corrected chi connectivity index (χ2v) is 10.5. The highest BCUT2D eigenvalue weighted by Crippen LogP contribution is 2.26. The summed E-state index contributed by atoms with van der Waals surface area (Å²) in [7, 11) is 0. The summed E-state index contributed by atoms with van der Waals surface area (Å²) in [6, 6.07) is 17.1. The number of halogens is 1. The molecule has 0 aliphatic carbocycles. The van der Waals surface area contributed by atoms with Gasteiger partial charge in [-0.05, 0) is 43.7 Å². The average molecular weight is 525 g/mol. The molecule has 0 unspecified atom stereocenters. The lowest BCUT2D eigenvalue weighted by atomic mass is 9.92. The van der Waals surface area contributed by atoms with Crippen molar-refractivity contribution in [2.24, 2.45) is 0 Å². The van der Waals surface area contributed by atoms with Gasteiger partial charge in [-0.1, -0.05) is 73.8 Å². The Labute approximate surface area is 210 Å². The van der Waals surface area contributed by atoms with Crippen molar-refractivity contribution < 1.29 is 9.59 Å². The van der Waals surface area contributed by atoms with Crippen LogP contribution in [0.25, 0.3) is 5.69 Å². The minimum absolute atomic E-state index is 0.0325. The van der Waals surface area contributed by atoms with Gasteiger partial charge in [0.15, 0.2) is 0 Å². The second kappa shape index (κ2) is 11.0. The summed E-state index contributed by atoms with van der Waals surface area (Å²) < 4.78 is 2.58. The van der Waals surface area contributed by atoms with Crippen LogP contribution in [0.1, 0.15) is 62.2 Å². The molecule has 1 heterocycles. The number of anilines is 1. The molecule has 0 fully saturated rings. The van der Waals surface area contributed by atoms with Crippen LogP contribution in [0.2, 0.25) is 0 Å². The lowest BCUT2D eigenvalue weighted by molar-refractivity contribution is -0.116. The Morgan fingerprint density at radius 2 is 1.79 bits per heavy atom. The average Bonchev–Trinajstić information content (AvgIpc) is 3.21. The molecule has 2 amide bonds. The Kier molecular flexibility index (Phi) is 8.31. The molecule has 3 aromatic rings. The number of unbranched alkanes of at least 4 members (excludes halogenated alkanes) is 1. The Hall–Kier alpha value is -2.93. The number of carbonyl (C=O) groups excluding carboxylic acids is 2. The number of rotatable bonds is 8. The first-order valence-corrected chi connectivity index (χ1v) is 12.4. The van der Waals surface area contributed by atoms with Crippen LogP contribution in [-0.4, -0.2) is 39.6 Å². The fraction of sp³-hybridized carbons (Fsp3) is 0.370. The van der Waals surface area contributed by atoms with E-state index in [2.05, 4.69) is 48.9 Å². The van der Waals surface area contributed by atoms with E-state index >= 15 is 0 Å². The van der Waals surface area contributed by atoms with Gasteiger partial charge >= 0.3 is 0 Å². The predicted molar refractivity (Wildman–Crippen MR) is 141 cm³/mol. The molecule has 1 aromatic heterocycles. The predicted octanol–water partition coefficient (Wildman–Crippen LogP) is 6.12. The molecule has 1 N–H and O–H groups in total. The van der Waals surface area contributed by atoms with E-state index in [-0.39, 0.29) is 23.8 Å². The number of nitrogens with one attached hydrogen (secondary N) is 1. The van der Waals surface area contributed by atoms with Crippen LogP contribution in [-0.2, 0) is 10.2 Å². The smallest absolute Gasteiger partial charge is 0.254 e. The van der Waals surface area contributed by atoms with Crippen LogP contribution < -0.4 is 5.32 Å². The maximum absolute atomic E-state index is 13.2. The van der Waals surface area contributed by atoms with E-state index in [1.807, 2.05) is 49.4 Å². The third-order valence-electron chi connectivity index (χ3n) is 5.50. The van der Waals surface area contributed by atoms with Gasteiger partial charge in [0.2, 0.25) is 5.91 Å². The molecule has 0 bridgehead atoms. The van der Waals surface area contributed by atoms with E-state index in [1.54, 1.807) is 21.7 Å². The van der Waals surface area contributed by atoms with Crippen LogP contribution in [0.4, 0.5) is 5.82 Å². The van der Waals surface area contributed by atoms with Crippen molar-refractivity contribution in [2.45, 2.75) is 52.9 Å². The van der Waals surface area contributed by atoms with Crippen molar-refractivity contribution in [2.75, 3.05) is 18.4 Å². The summed E-state index contributed by atoms with van der Waals surface area (Å²) >= 11 is 3.42. The molecular formula is C27H33BrN4O2. The molecule has 0 saturated heterocycles. The molecular weight excluding hydrogens is 492 g/mol. The number of hydrogen-bond acceptors (Lipinski definition) is 3. The van der Waals surface area contributed by atoms with Crippen molar-refractivity contribution in [3.63, 3.8) is 0 Å². The largest absolute Gasteiger partial charge is 0.329 e. The van der Waals surface area contributed by atoms with Gasteiger partial charge in [0.1, 0.15) is 12.4 Å². The summed E-state index contributed by atoms with van der Waals surface area (Å²) in [5, 5.41) is 7.77. The normalized spacial score (nSPS) is 11.4. The van der Waals surface area contributed by atoms with Gasteiger partial charge in [0.25, 0.3) is 5.91 Å². The van der Waals surface area contributed by atoms with E-state index < -0.39 is 0 Å². The monoisotopic (exact) mass is 524 g/mol. The van der Waals surface area contributed by atoms with Crippen LogP contribution in [0.3, 0.4) is 0 Å². The lowest BCUT2D eigenvalue weighted by Gasteiger charge is -2.22. The van der Waals surface area contributed by atoms with Crippen LogP contribution in [0, 0.1) is 6.92 Å². The topological polar surface area (TPSA) is 67.2 Å². The van der Waals surface area contributed by atoms with Crippen LogP contribution in [0.5, 0.6) is 0 Å². The molecule has 7 heteroatoms. The van der Waals surface area contributed by atoms with Crippen molar-refractivity contribution in [1.82, 2.24) is 14.7 Å². The van der Waals surface area contributed by atoms with E-state index in [0.717, 1.165) is 34.3 Å². The number of hydrogen-bond donors (Lipinski definition) is 1. The number of carbonyl (C=O) groups is 2. The van der Waals surface area contributed by atoms with E-state index in [4.69, 9.17) is 5.10 Å². The first kappa shape index (κ1) is 25.7. The first-order chi connectivity index (χ1) is 16.1. The van der Waals surface area contributed by atoms with Crippen molar-refractivity contribution in [3.05, 3.63) is 75.9 Å². The molecule has 0 saturated carbocycles. The van der Waals surface area contributed by atoms with Crippen LogP contribution in [0.15, 0.2) is 59.1 Å². The zero-order valence-electron chi connectivity index (χ0n) is 20.6. The van der Waals surface area contributed by atoms with E-state index in [1.165, 1.54) is 0 Å². The summed E-state index contributed by atoms with van der Waals surface area (Å²) in [5.74, 6) is 0.171. The molecule has 0 spiro atoms. The standard InChI is InChI=1S/C27H33BrN4O2/c1-6-7-15-31(26(34)20-9-8-10-21(28)16-20)18-25(33)29-24-17-23(27(3,4)5)30-32(24)22-13-11-19(2)12-14-22/h8-14,16-17H,6-7,15,18H2,1-5H3,(H,29,33). The zero-order valence-corrected chi connectivity index (χ0v) is 22.1. The number of benzene rings is 2. The summed E-state index contributed by atoms with van der Waals surface area (Å²) in [6.07, 6.45) is 1.75. The molecule has 2 aromatic carbocycles.